The van der Waals surface area contributed by atoms with Crippen LogP contribution >= 0.6 is 0 Å². The molecule has 170 valence electrons. The molecule has 0 aliphatic heterocycles. The van der Waals surface area contributed by atoms with Crippen molar-refractivity contribution in [1.82, 2.24) is 0 Å². The summed E-state index contributed by atoms with van der Waals surface area (Å²) < 4.78 is 9.34. The van der Waals surface area contributed by atoms with Crippen LogP contribution in [0.4, 0.5) is 0 Å². The zero-order valence-corrected chi connectivity index (χ0v) is 23.5. The molecule has 0 aromatic carbocycles. The number of rotatable bonds is 10. The molecule has 0 fully saturated rings. The van der Waals surface area contributed by atoms with Gasteiger partial charge in [-0.15, -0.1) is 24.7 Å². The molecule has 0 spiro atoms. The molecule has 1 atom stereocenters. The molecular formula is C23H52MoN4. The Balaban J connectivity index is -0.000000359. The van der Waals surface area contributed by atoms with Gasteiger partial charge in [-0.1, -0.05) is 61.3 Å². The summed E-state index contributed by atoms with van der Waals surface area (Å²) in [6, 6.07) is 1.58. The van der Waals surface area contributed by atoms with Crippen LogP contribution in [0, 0.1) is 0 Å². The van der Waals surface area contributed by atoms with Crippen molar-refractivity contribution in [1.29, 1.82) is 0 Å². The van der Waals surface area contributed by atoms with Crippen LogP contribution in [0.25, 0.3) is 10.6 Å². The topological polar surface area (TPSA) is 52.9 Å². The van der Waals surface area contributed by atoms with Crippen molar-refractivity contribution >= 4 is 0 Å². The summed E-state index contributed by atoms with van der Waals surface area (Å²) in [7, 11) is 0. The molecule has 0 aromatic heterocycles. The Kier molecular flexibility index (Phi) is 22.5. The van der Waals surface area contributed by atoms with Gasteiger partial charge in [0.2, 0.25) is 0 Å². The van der Waals surface area contributed by atoms with E-state index in [2.05, 4.69) is 108 Å². The van der Waals surface area contributed by atoms with Crippen molar-refractivity contribution in [3.63, 3.8) is 0 Å². The second-order valence-electron chi connectivity index (χ2n) is 9.10. The van der Waals surface area contributed by atoms with Crippen LogP contribution in [-0.4, -0.2) is 35.7 Å². The molecule has 0 amide bonds. The standard InChI is InChI=1S/C7H16N.C6H14N.2C5H11N.Mo/c1-5-7(4)8-6(2)3;1-4-5-7-6(2)3;2*1-4-5(2,3)6;/h6-7H,5H2,1-4H3;6H,4-5H2,1-3H3;2*4H2,1-3H3;/q2*-1;;;+2. The van der Waals surface area contributed by atoms with E-state index in [1.54, 1.807) is 0 Å². The predicted octanol–water partition coefficient (Wildman–Crippen LogP) is 8.56. The van der Waals surface area contributed by atoms with E-state index < -0.39 is 18.2 Å². The number of hydrogen-bond donors (Lipinski definition) is 0. The summed E-state index contributed by atoms with van der Waals surface area (Å²) in [5.41, 5.74) is 0.297. The molecular weight excluding hydrogens is 428 g/mol. The van der Waals surface area contributed by atoms with E-state index in [4.69, 9.17) is 0 Å². The Labute approximate surface area is 187 Å². The Morgan fingerprint density at radius 3 is 1.36 bits per heavy atom. The Hall–Kier alpha value is 0.208. The van der Waals surface area contributed by atoms with Gasteiger partial charge < -0.3 is 10.6 Å². The molecule has 0 aliphatic rings. The van der Waals surface area contributed by atoms with E-state index in [-0.39, 0.29) is 11.1 Å². The Morgan fingerprint density at radius 1 is 0.750 bits per heavy atom. The number of nitrogens with zero attached hydrogens (tertiary/aromatic N) is 4. The van der Waals surface area contributed by atoms with E-state index in [1.807, 2.05) is 0 Å². The fourth-order valence-electron chi connectivity index (χ4n) is 1.37. The minimum Gasteiger partial charge on any atom is -0.660 e. The van der Waals surface area contributed by atoms with Gasteiger partial charge in [0.1, 0.15) is 0 Å². The van der Waals surface area contributed by atoms with Gasteiger partial charge in [-0.25, -0.2) is 0 Å². The summed E-state index contributed by atoms with van der Waals surface area (Å²) >= 11 is -0.492. The quantitative estimate of drug-likeness (QED) is 0.281. The first-order valence-corrected chi connectivity index (χ1v) is 13.0. The minimum absolute atomic E-state index is 0.148. The molecule has 0 N–H and O–H groups in total. The molecule has 0 radical (unpaired) electrons. The van der Waals surface area contributed by atoms with Crippen LogP contribution in [0.3, 0.4) is 0 Å². The first kappa shape index (κ1) is 32.9. The largest absolute Gasteiger partial charge is 0.660 e. The molecule has 5 heteroatoms. The normalized spacial score (nSPS) is 12.4. The number of hydrogen-bond acceptors (Lipinski definition) is 2. The SMILES string of the molecule is CCC(C)(C)[N]=[Mo+2]=[N]C(C)(C)CC.CCC(C)[N-]C(C)C.CCC[N-]C(C)C. The molecule has 0 rings (SSSR count). The first-order valence-electron chi connectivity index (χ1n) is 11.2. The molecule has 4 nitrogen and oxygen atoms in total. The van der Waals surface area contributed by atoms with Crippen molar-refractivity contribution in [2.75, 3.05) is 6.54 Å². The average molecular weight is 481 g/mol. The third-order valence-electron chi connectivity index (χ3n) is 4.17. The molecule has 0 aromatic rings. The summed E-state index contributed by atoms with van der Waals surface area (Å²) in [5.74, 6) is 0. The zero-order valence-electron chi connectivity index (χ0n) is 21.5. The van der Waals surface area contributed by atoms with Gasteiger partial charge in [0, 0.05) is 0 Å². The molecule has 0 heterocycles. The maximum atomic E-state index is 4.67. The monoisotopic (exact) mass is 482 g/mol. The van der Waals surface area contributed by atoms with Crippen LogP contribution in [0.2, 0.25) is 0 Å². The maximum absolute atomic E-state index is 4.67. The second kappa shape index (κ2) is 19.2. The zero-order chi connectivity index (χ0) is 22.8. The van der Waals surface area contributed by atoms with Crippen molar-refractivity contribution in [2.24, 2.45) is 6.99 Å². The average Bonchev–Trinajstić information content (AvgIpc) is 2.60. The van der Waals surface area contributed by atoms with Gasteiger partial charge in [-0.2, -0.15) is 0 Å². The molecule has 0 aliphatic carbocycles. The van der Waals surface area contributed by atoms with Crippen molar-refractivity contribution in [3.05, 3.63) is 10.6 Å². The van der Waals surface area contributed by atoms with E-state index >= 15 is 0 Å². The first-order chi connectivity index (χ1) is 12.8. The smallest absolute Gasteiger partial charge is 0.0668 e. The molecule has 0 bridgehead atoms. The van der Waals surface area contributed by atoms with E-state index in [1.165, 1.54) is 6.42 Å². The van der Waals surface area contributed by atoms with Crippen LogP contribution in [0.15, 0.2) is 6.99 Å². The summed E-state index contributed by atoms with van der Waals surface area (Å²) in [6.45, 7) is 29.0. The van der Waals surface area contributed by atoms with Gasteiger partial charge in [-0.3, -0.25) is 0 Å². The second-order valence-corrected chi connectivity index (χ2v) is 10.4. The van der Waals surface area contributed by atoms with Gasteiger partial charge >= 0.3 is 90.7 Å². The van der Waals surface area contributed by atoms with Crippen molar-refractivity contribution in [3.8, 4) is 0 Å². The van der Waals surface area contributed by atoms with Gasteiger partial charge in [0.05, 0.1) is 0 Å². The molecule has 1 unspecified atom stereocenters. The van der Waals surface area contributed by atoms with Gasteiger partial charge in [0.25, 0.3) is 0 Å². The molecule has 0 saturated heterocycles. The van der Waals surface area contributed by atoms with Crippen LogP contribution in [-0.2, 0) is 18.2 Å². The third kappa shape index (κ3) is 28.4. The van der Waals surface area contributed by atoms with E-state index in [0.717, 1.165) is 25.8 Å². The fourth-order valence-corrected chi connectivity index (χ4v) is 3.19. The van der Waals surface area contributed by atoms with Gasteiger partial charge in [-0.05, 0) is 0 Å². The predicted molar refractivity (Wildman–Crippen MR) is 125 cm³/mol. The Bertz CT molecular complexity index is 377. The summed E-state index contributed by atoms with van der Waals surface area (Å²) in [6.07, 6.45) is 4.57. The van der Waals surface area contributed by atoms with Crippen LogP contribution < -0.4 is 0 Å². The van der Waals surface area contributed by atoms with E-state index in [9.17, 15) is 0 Å². The molecule has 0 saturated carbocycles. The van der Waals surface area contributed by atoms with Crippen LogP contribution in [0.5, 0.6) is 0 Å². The summed E-state index contributed by atoms with van der Waals surface area (Å²) in [4.78, 5) is 0. The summed E-state index contributed by atoms with van der Waals surface area (Å²) in [5, 5.41) is 8.64. The molecule has 28 heavy (non-hydrogen) atoms. The van der Waals surface area contributed by atoms with Crippen LogP contribution in [0.1, 0.15) is 116 Å². The third-order valence-corrected chi connectivity index (χ3v) is 7.00. The van der Waals surface area contributed by atoms with Gasteiger partial charge in [0.15, 0.2) is 0 Å². The Morgan fingerprint density at radius 2 is 1.18 bits per heavy atom. The van der Waals surface area contributed by atoms with E-state index in [0.29, 0.717) is 18.1 Å². The van der Waals surface area contributed by atoms with Crippen molar-refractivity contribution < 1.29 is 18.2 Å². The minimum atomic E-state index is -0.492. The van der Waals surface area contributed by atoms with Crippen molar-refractivity contribution in [2.45, 2.75) is 145 Å². The fraction of sp³-hybridized carbons (Fsp3) is 1.00. The maximum Gasteiger partial charge on any atom is -0.0668 e.